The molecule has 1 amide bonds. The van der Waals surface area contributed by atoms with Gasteiger partial charge in [0.05, 0.1) is 23.1 Å². The Morgan fingerprint density at radius 1 is 1.26 bits per heavy atom. The minimum Gasteiger partial charge on any atom is -0.352 e. The fourth-order valence-corrected chi connectivity index (χ4v) is 2.05. The van der Waals surface area contributed by atoms with Crippen LogP contribution in [-0.4, -0.2) is 43.0 Å². The highest BCUT2D eigenvalue weighted by atomic mass is 19.1. The van der Waals surface area contributed by atoms with Gasteiger partial charge in [0.15, 0.2) is 0 Å². The van der Waals surface area contributed by atoms with Crippen LogP contribution in [0, 0.1) is 5.82 Å². The van der Waals surface area contributed by atoms with Crippen LogP contribution >= 0.6 is 0 Å². The highest BCUT2D eigenvalue weighted by Crippen LogP contribution is 2.19. The monoisotopic (exact) mass is 316 g/mol. The molecule has 5 nitrogen and oxygen atoms in total. The number of amides is 1. The van der Waals surface area contributed by atoms with Gasteiger partial charge in [-0.1, -0.05) is 12.1 Å². The van der Waals surface area contributed by atoms with Crippen LogP contribution in [0.15, 0.2) is 42.7 Å². The summed E-state index contributed by atoms with van der Waals surface area (Å²) in [5.41, 5.74) is 1.35. The van der Waals surface area contributed by atoms with Gasteiger partial charge in [-0.3, -0.25) is 9.78 Å². The summed E-state index contributed by atoms with van der Waals surface area (Å²) >= 11 is 0. The molecule has 0 saturated carbocycles. The number of carbonyl (C=O) groups excluding carboxylic acids is 1. The topological polar surface area (TPSA) is 57.3 Å². The van der Waals surface area contributed by atoms with Crippen molar-refractivity contribution >= 4 is 17.3 Å². The fraction of sp³-hybridized carbons (Fsp3) is 0.294. The average molecular weight is 316 g/mol. The van der Waals surface area contributed by atoms with Crippen molar-refractivity contribution in [1.29, 1.82) is 0 Å². The van der Waals surface area contributed by atoms with Gasteiger partial charge in [-0.15, -0.1) is 0 Å². The molecule has 6 heteroatoms. The SMILES string of the molecule is CN(C)CCCNC(=O)c1cncc(Nc2ccccc2F)c1. The first-order valence-electron chi connectivity index (χ1n) is 7.46. The zero-order valence-corrected chi connectivity index (χ0v) is 13.3. The second-order valence-corrected chi connectivity index (χ2v) is 5.48. The molecule has 2 rings (SSSR count). The van der Waals surface area contributed by atoms with Crippen molar-refractivity contribution in [2.75, 3.05) is 32.5 Å². The third-order valence-electron chi connectivity index (χ3n) is 3.22. The van der Waals surface area contributed by atoms with Gasteiger partial charge in [-0.05, 0) is 45.3 Å². The fourth-order valence-electron chi connectivity index (χ4n) is 2.05. The number of nitrogens with zero attached hydrogens (tertiary/aromatic N) is 2. The quantitative estimate of drug-likeness (QED) is 0.771. The molecule has 1 heterocycles. The van der Waals surface area contributed by atoms with Gasteiger partial charge in [0, 0.05) is 12.7 Å². The lowest BCUT2D eigenvalue weighted by Gasteiger charge is -2.11. The summed E-state index contributed by atoms with van der Waals surface area (Å²) in [5, 5.41) is 5.77. The maximum absolute atomic E-state index is 13.6. The lowest BCUT2D eigenvalue weighted by atomic mass is 10.2. The Morgan fingerprint density at radius 3 is 2.78 bits per heavy atom. The Kier molecular flexibility index (Phi) is 6.05. The van der Waals surface area contributed by atoms with E-state index in [9.17, 15) is 9.18 Å². The molecule has 0 spiro atoms. The predicted octanol–water partition coefficient (Wildman–Crippen LogP) is 2.65. The highest BCUT2D eigenvalue weighted by Gasteiger charge is 2.08. The molecule has 122 valence electrons. The Morgan fingerprint density at radius 2 is 2.04 bits per heavy atom. The van der Waals surface area contributed by atoms with Crippen molar-refractivity contribution in [1.82, 2.24) is 15.2 Å². The van der Waals surface area contributed by atoms with Gasteiger partial charge in [-0.25, -0.2) is 4.39 Å². The molecule has 0 radical (unpaired) electrons. The summed E-state index contributed by atoms with van der Waals surface area (Å²) in [6.07, 6.45) is 3.92. The number of hydrogen-bond donors (Lipinski definition) is 2. The van der Waals surface area contributed by atoms with Crippen molar-refractivity contribution < 1.29 is 9.18 Å². The molecule has 1 aromatic carbocycles. The maximum Gasteiger partial charge on any atom is 0.252 e. The number of para-hydroxylation sites is 1. The number of rotatable bonds is 7. The summed E-state index contributed by atoms with van der Waals surface area (Å²) in [6, 6.07) is 8.01. The van der Waals surface area contributed by atoms with Crippen LogP contribution in [0.4, 0.5) is 15.8 Å². The van der Waals surface area contributed by atoms with Crippen molar-refractivity contribution in [2.45, 2.75) is 6.42 Å². The van der Waals surface area contributed by atoms with Gasteiger partial charge in [0.2, 0.25) is 0 Å². The number of halogens is 1. The molecule has 23 heavy (non-hydrogen) atoms. The highest BCUT2D eigenvalue weighted by molar-refractivity contribution is 5.94. The summed E-state index contributed by atoms with van der Waals surface area (Å²) in [5.74, 6) is -0.542. The van der Waals surface area contributed by atoms with Gasteiger partial charge in [0.1, 0.15) is 5.82 Å². The second kappa shape index (κ2) is 8.24. The molecule has 2 aromatic rings. The first-order chi connectivity index (χ1) is 11.1. The maximum atomic E-state index is 13.6. The van der Waals surface area contributed by atoms with E-state index in [1.165, 1.54) is 12.3 Å². The summed E-state index contributed by atoms with van der Waals surface area (Å²) in [4.78, 5) is 18.2. The van der Waals surface area contributed by atoms with E-state index in [0.717, 1.165) is 13.0 Å². The zero-order valence-electron chi connectivity index (χ0n) is 13.3. The van der Waals surface area contributed by atoms with E-state index >= 15 is 0 Å². The van der Waals surface area contributed by atoms with E-state index in [0.29, 0.717) is 23.5 Å². The van der Waals surface area contributed by atoms with Crippen molar-refractivity contribution in [3.8, 4) is 0 Å². The number of aromatic nitrogens is 1. The molecular weight excluding hydrogens is 295 g/mol. The smallest absolute Gasteiger partial charge is 0.252 e. The van der Waals surface area contributed by atoms with Crippen LogP contribution in [0.5, 0.6) is 0 Å². The minimum absolute atomic E-state index is 0.187. The van der Waals surface area contributed by atoms with Crippen molar-refractivity contribution in [3.63, 3.8) is 0 Å². The van der Waals surface area contributed by atoms with Crippen molar-refractivity contribution in [3.05, 3.63) is 54.1 Å². The number of nitrogens with one attached hydrogen (secondary N) is 2. The van der Waals surface area contributed by atoms with Crippen LogP contribution < -0.4 is 10.6 Å². The van der Waals surface area contributed by atoms with Crippen LogP contribution in [0.1, 0.15) is 16.8 Å². The second-order valence-electron chi connectivity index (χ2n) is 5.48. The van der Waals surface area contributed by atoms with Gasteiger partial charge >= 0.3 is 0 Å². The van der Waals surface area contributed by atoms with E-state index < -0.39 is 0 Å². The van der Waals surface area contributed by atoms with E-state index in [1.807, 2.05) is 14.1 Å². The summed E-state index contributed by atoms with van der Waals surface area (Å²) in [6.45, 7) is 1.51. The van der Waals surface area contributed by atoms with E-state index in [2.05, 4.69) is 20.5 Å². The number of carbonyl (C=O) groups is 1. The van der Waals surface area contributed by atoms with Gasteiger partial charge < -0.3 is 15.5 Å². The summed E-state index contributed by atoms with van der Waals surface area (Å²) in [7, 11) is 3.98. The van der Waals surface area contributed by atoms with Crippen LogP contribution in [0.2, 0.25) is 0 Å². The molecule has 0 aliphatic rings. The Balaban J connectivity index is 1.96. The summed E-state index contributed by atoms with van der Waals surface area (Å²) < 4.78 is 13.6. The number of anilines is 2. The van der Waals surface area contributed by atoms with Gasteiger partial charge in [0.25, 0.3) is 5.91 Å². The zero-order chi connectivity index (χ0) is 16.7. The van der Waals surface area contributed by atoms with Crippen LogP contribution in [0.25, 0.3) is 0 Å². The standard InChI is InChI=1S/C17H21FN4O/c1-22(2)9-5-8-20-17(23)13-10-14(12-19-11-13)21-16-7-4-3-6-15(16)18/h3-4,6-7,10-12,21H,5,8-9H2,1-2H3,(H,20,23). The molecule has 0 atom stereocenters. The molecule has 0 fully saturated rings. The molecule has 0 aliphatic carbocycles. The van der Waals surface area contributed by atoms with E-state index in [-0.39, 0.29) is 11.7 Å². The average Bonchev–Trinajstić information content (AvgIpc) is 2.54. The molecule has 0 unspecified atom stereocenters. The number of pyridine rings is 1. The molecule has 1 aromatic heterocycles. The Bertz CT molecular complexity index is 661. The number of hydrogen-bond acceptors (Lipinski definition) is 4. The third-order valence-corrected chi connectivity index (χ3v) is 3.22. The molecule has 2 N–H and O–H groups in total. The normalized spacial score (nSPS) is 10.6. The van der Waals surface area contributed by atoms with E-state index in [1.54, 1.807) is 30.5 Å². The molecule has 0 bridgehead atoms. The number of benzene rings is 1. The lowest BCUT2D eigenvalue weighted by molar-refractivity contribution is 0.0952. The first-order valence-corrected chi connectivity index (χ1v) is 7.46. The van der Waals surface area contributed by atoms with E-state index in [4.69, 9.17) is 0 Å². The van der Waals surface area contributed by atoms with Crippen LogP contribution in [0.3, 0.4) is 0 Å². The van der Waals surface area contributed by atoms with Crippen molar-refractivity contribution in [2.24, 2.45) is 0 Å². The third kappa shape index (κ3) is 5.34. The predicted molar refractivity (Wildman–Crippen MR) is 89.4 cm³/mol. The molecule has 0 aliphatic heterocycles. The molecular formula is C17H21FN4O. The first kappa shape index (κ1) is 16.9. The van der Waals surface area contributed by atoms with Gasteiger partial charge in [-0.2, -0.15) is 0 Å². The minimum atomic E-state index is -0.356. The Hall–Kier alpha value is -2.47. The Labute approximate surface area is 135 Å². The molecule has 0 saturated heterocycles. The van der Waals surface area contributed by atoms with Crippen LogP contribution in [-0.2, 0) is 0 Å². The lowest BCUT2D eigenvalue weighted by Crippen LogP contribution is -2.27. The largest absolute Gasteiger partial charge is 0.352 e.